The van der Waals surface area contributed by atoms with Gasteiger partial charge in [0.1, 0.15) is 17.0 Å². The standard InChI is InChI=1S/C31H31Cl2N5O5S/c1-31(9-10-31)44(40,41)37-29(39)17-7-8-24-25(11-17)42-30(35-24)38-19-12-18(13-20(38)14-19)34-15-21-27(36-43-28(21)16-5-6-16)26-22(32)3-2-4-23(26)33/h2-4,7-8,11,16,18-20,34H,5-6,9-10,12-15H2,1H3,(H,37,39). The molecule has 0 radical (unpaired) electrons. The van der Waals surface area contributed by atoms with Crippen LogP contribution in [-0.2, 0) is 16.6 Å². The van der Waals surface area contributed by atoms with Crippen LogP contribution in [0, 0.1) is 0 Å². The first kappa shape index (κ1) is 28.4. The topological polar surface area (TPSA) is 131 Å². The summed E-state index contributed by atoms with van der Waals surface area (Å²) in [5.41, 5.74) is 3.73. The molecule has 2 unspecified atom stereocenters. The van der Waals surface area contributed by atoms with Crippen molar-refractivity contribution in [1.82, 2.24) is 20.2 Å². The van der Waals surface area contributed by atoms with Crippen molar-refractivity contribution in [3.05, 3.63) is 63.3 Å². The normalized spacial score (nSPS) is 23.9. The maximum Gasteiger partial charge on any atom is 0.298 e. The SMILES string of the molecule is CC1(S(=O)(=O)NC(=O)c2ccc3nc(N4C5CC(NCc6c(-c7c(Cl)cccc7Cl)noc6C6CC6)CC4C5)oc3c2)CC1. The van der Waals surface area contributed by atoms with Gasteiger partial charge in [0.15, 0.2) is 5.58 Å². The van der Waals surface area contributed by atoms with E-state index in [9.17, 15) is 13.2 Å². The summed E-state index contributed by atoms with van der Waals surface area (Å²) in [7, 11) is -3.73. The summed E-state index contributed by atoms with van der Waals surface area (Å²) < 4.78 is 38.3. The average molecular weight is 657 g/mol. The van der Waals surface area contributed by atoms with Gasteiger partial charge in [-0.05, 0) is 82.2 Å². The number of hydrogen-bond acceptors (Lipinski definition) is 9. The maximum atomic E-state index is 12.7. The van der Waals surface area contributed by atoms with Gasteiger partial charge in [0.2, 0.25) is 10.0 Å². The number of benzene rings is 2. The van der Waals surface area contributed by atoms with Crippen LogP contribution in [0.15, 0.2) is 45.3 Å². The van der Waals surface area contributed by atoms with Crippen LogP contribution in [0.4, 0.5) is 6.01 Å². The summed E-state index contributed by atoms with van der Waals surface area (Å²) in [4.78, 5) is 19.7. The third-order valence-corrected chi connectivity index (χ3v) is 12.5. The van der Waals surface area contributed by atoms with Gasteiger partial charge in [-0.2, -0.15) is 4.98 Å². The minimum Gasteiger partial charge on any atom is -0.423 e. The molecule has 44 heavy (non-hydrogen) atoms. The van der Waals surface area contributed by atoms with E-state index in [2.05, 4.69) is 20.1 Å². The van der Waals surface area contributed by atoms with E-state index in [1.54, 1.807) is 25.1 Å². The first-order chi connectivity index (χ1) is 21.1. The Morgan fingerprint density at radius 3 is 2.50 bits per heavy atom. The lowest BCUT2D eigenvalue weighted by molar-refractivity contribution is 0.0981. The molecule has 5 aliphatic rings. The van der Waals surface area contributed by atoms with Crippen LogP contribution in [0.25, 0.3) is 22.4 Å². The van der Waals surface area contributed by atoms with Crippen LogP contribution in [-0.4, -0.2) is 47.3 Å². The molecule has 2 aromatic heterocycles. The molecule has 2 bridgehead atoms. The number of rotatable bonds is 9. The molecule has 3 saturated carbocycles. The minimum absolute atomic E-state index is 0.220. The number of aromatic nitrogens is 2. The van der Waals surface area contributed by atoms with Crippen molar-refractivity contribution in [3.8, 4) is 11.3 Å². The van der Waals surface area contributed by atoms with Gasteiger partial charge in [0.05, 0.1) is 14.8 Å². The minimum atomic E-state index is -3.73. The van der Waals surface area contributed by atoms with E-state index >= 15 is 0 Å². The molecule has 230 valence electrons. The Bertz CT molecular complexity index is 1880. The molecule has 2 saturated heterocycles. The number of anilines is 1. The summed E-state index contributed by atoms with van der Waals surface area (Å²) in [6, 6.07) is 11.7. The predicted octanol–water partition coefficient (Wildman–Crippen LogP) is 6.18. The van der Waals surface area contributed by atoms with E-state index in [1.807, 2.05) is 18.2 Å². The summed E-state index contributed by atoms with van der Waals surface area (Å²) in [5.74, 6) is 0.650. The highest BCUT2D eigenvalue weighted by molar-refractivity contribution is 7.91. The van der Waals surface area contributed by atoms with Crippen LogP contribution < -0.4 is 14.9 Å². The molecule has 5 fully saturated rings. The Morgan fingerprint density at radius 2 is 1.82 bits per heavy atom. The fraction of sp³-hybridized carbons (Fsp3) is 0.452. The number of carbonyl (C=O) groups excluding carboxylic acids is 1. The van der Waals surface area contributed by atoms with E-state index in [0.717, 1.165) is 43.4 Å². The number of hydrogen-bond donors (Lipinski definition) is 2. The van der Waals surface area contributed by atoms with Gasteiger partial charge >= 0.3 is 0 Å². The summed E-state index contributed by atoms with van der Waals surface area (Å²) in [6.07, 6.45) is 6.19. The van der Waals surface area contributed by atoms with Gasteiger partial charge < -0.3 is 19.2 Å². The van der Waals surface area contributed by atoms with Gasteiger partial charge in [-0.1, -0.05) is 34.4 Å². The largest absolute Gasteiger partial charge is 0.423 e. The molecule has 3 aliphatic carbocycles. The third kappa shape index (κ3) is 4.79. The molecule has 2 aliphatic heterocycles. The third-order valence-electron chi connectivity index (χ3n) is 9.67. The molecule has 4 aromatic rings. The monoisotopic (exact) mass is 655 g/mol. The Labute approximate surface area is 264 Å². The number of piperidine rings is 1. The lowest BCUT2D eigenvalue weighted by atomic mass is 9.77. The van der Waals surface area contributed by atoms with E-state index < -0.39 is 20.7 Å². The second-order valence-electron chi connectivity index (χ2n) is 12.8. The Hall–Kier alpha value is -3.12. The second kappa shape index (κ2) is 10.2. The number of nitrogens with one attached hydrogen (secondary N) is 2. The molecule has 0 spiro atoms. The molecule has 2 aromatic carbocycles. The van der Waals surface area contributed by atoms with Crippen molar-refractivity contribution >= 4 is 56.2 Å². The molecular weight excluding hydrogens is 625 g/mol. The number of carbonyl (C=O) groups is 1. The number of oxazole rings is 1. The van der Waals surface area contributed by atoms with Crippen molar-refractivity contribution in [3.63, 3.8) is 0 Å². The fourth-order valence-electron chi connectivity index (χ4n) is 6.59. The molecule has 4 heterocycles. The average Bonchev–Trinajstić information content (AvgIpc) is 3.89. The maximum absolute atomic E-state index is 12.7. The smallest absolute Gasteiger partial charge is 0.298 e. The first-order valence-corrected chi connectivity index (χ1v) is 17.3. The van der Waals surface area contributed by atoms with Crippen LogP contribution in [0.2, 0.25) is 10.0 Å². The number of amides is 1. The highest BCUT2D eigenvalue weighted by Gasteiger charge is 2.51. The van der Waals surface area contributed by atoms with Crippen molar-refractivity contribution in [2.45, 2.75) is 87.2 Å². The highest BCUT2D eigenvalue weighted by atomic mass is 35.5. The zero-order valence-corrected chi connectivity index (χ0v) is 26.3. The molecule has 13 heteroatoms. The predicted molar refractivity (Wildman–Crippen MR) is 167 cm³/mol. The fourth-order valence-corrected chi connectivity index (χ4v) is 8.42. The van der Waals surface area contributed by atoms with Crippen molar-refractivity contribution in [2.75, 3.05) is 4.90 Å². The Kier molecular flexibility index (Phi) is 6.57. The van der Waals surface area contributed by atoms with Gasteiger partial charge in [-0.25, -0.2) is 13.1 Å². The number of nitrogens with zero attached hydrogens (tertiary/aromatic N) is 3. The Balaban J connectivity index is 0.953. The van der Waals surface area contributed by atoms with Gasteiger partial charge in [0.25, 0.3) is 11.9 Å². The van der Waals surface area contributed by atoms with Crippen LogP contribution in [0.3, 0.4) is 0 Å². The number of halogens is 2. The van der Waals surface area contributed by atoms with E-state index in [1.165, 1.54) is 0 Å². The van der Waals surface area contributed by atoms with Crippen LogP contribution in [0.5, 0.6) is 0 Å². The first-order valence-electron chi connectivity index (χ1n) is 15.0. The highest BCUT2D eigenvalue weighted by Crippen LogP contribution is 2.47. The molecule has 2 N–H and O–H groups in total. The van der Waals surface area contributed by atoms with Crippen molar-refractivity contribution in [1.29, 1.82) is 0 Å². The number of sulfonamides is 1. The van der Waals surface area contributed by atoms with E-state index in [0.29, 0.717) is 69.8 Å². The van der Waals surface area contributed by atoms with Gasteiger partial charge in [-0.3, -0.25) is 4.79 Å². The summed E-state index contributed by atoms with van der Waals surface area (Å²) in [6.45, 7) is 2.26. The summed E-state index contributed by atoms with van der Waals surface area (Å²) >= 11 is 13.1. The quantitative estimate of drug-likeness (QED) is 0.217. The lowest BCUT2D eigenvalue weighted by Gasteiger charge is -2.54. The number of fused-ring (bicyclic) bond motifs is 3. The summed E-state index contributed by atoms with van der Waals surface area (Å²) in [5, 5.41) is 9.26. The lowest BCUT2D eigenvalue weighted by Crippen LogP contribution is -2.64. The second-order valence-corrected chi connectivity index (χ2v) is 15.8. The zero-order valence-electron chi connectivity index (χ0n) is 24.0. The van der Waals surface area contributed by atoms with Crippen LogP contribution >= 0.6 is 23.2 Å². The van der Waals surface area contributed by atoms with Crippen molar-refractivity contribution < 1.29 is 22.2 Å². The van der Waals surface area contributed by atoms with Crippen molar-refractivity contribution in [2.24, 2.45) is 0 Å². The van der Waals surface area contributed by atoms with E-state index in [4.69, 9.17) is 37.1 Å². The molecular formula is C31H31Cl2N5O5S. The molecule has 9 rings (SSSR count). The molecule has 10 nitrogen and oxygen atoms in total. The molecule has 1 amide bonds. The molecule has 2 atom stereocenters. The zero-order chi connectivity index (χ0) is 30.4. The Morgan fingerprint density at radius 1 is 1.09 bits per heavy atom. The van der Waals surface area contributed by atoms with Gasteiger partial charge in [-0.15, -0.1) is 0 Å². The van der Waals surface area contributed by atoms with Gasteiger partial charge in [0, 0.05) is 47.3 Å². The van der Waals surface area contributed by atoms with Crippen LogP contribution in [0.1, 0.15) is 79.5 Å². The van der Waals surface area contributed by atoms with E-state index in [-0.39, 0.29) is 17.6 Å².